The number of hydrogen-bond donors (Lipinski definition) is 2. The third kappa shape index (κ3) is 6.70. The average molecular weight is 538 g/mol. The van der Waals surface area contributed by atoms with Gasteiger partial charge in [-0.25, -0.2) is 13.1 Å². The second kappa shape index (κ2) is 12.1. The molecule has 0 saturated heterocycles. The molecule has 0 unspecified atom stereocenters. The summed E-state index contributed by atoms with van der Waals surface area (Å²) in [5.41, 5.74) is 1.50. The molecule has 10 heteroatoms. The Balaban J connectivity index is 1.40. The van der Waals surface area contributed by atoms with Crippen molar-refractivity contribution >= 4 is 27.5 Å². The van der Waals surface area contributed by atoms with Gasteiger partial charge in [-0.1, -0.05) is 49.4 Å². The van der Waals surface area contributed by atoms with Gasteiger partial charge >= 0.3 is 0 Å². The van der Waals surface area contributed by atoms with Gasteiger partial charge in [-0.3, -0.25) is 9.59 Å². The van der Waals surface area contributed by atoms with Gasteiger partial charge in [-0.2, -0.15) is 0 Å². The number of nitrogens with zero attached hydrogens (tertiary/aromatic N) is 1. The Morgan fingerprint density at radius 2 is 1.71 bits per heavy atom. The summed E-state index contributed by atoms with van der Waals surface area (Å²) in [4.78, 5) is 27.6. The number of carbonyl (C=O) groups is 2. The first-order valence-corrected chi connectivity index (χ1v) is 13.9. The molecule has 200 valence electrons. The topological polar surface area (TPSA) is 114 Å². The predicted octanol–water partition coefficient (Wildman–Crippen LogP) is 3.25. The molecule has 9 nitrogen and oxygen atoms in total. The van der Waals surface area contributed by atoms with Crippen LogP contribution >= 0.6 is 0 Å². The summed E-state index contributed by atoms with van der Waals surface area (Å²) in [6, 6.07) is 22.2. The Bertz CT molecular complexity index is 1360. The average Bonchev–Trinajstić information content (AvgIpc) is 2.94. The standard InChI is InChI=1S/C28H31N3O6S/c1-3-20(2)30-38(34,35)23-15-13-22(14-16-23)36-19-27(32)31-18-26(37-25-12-8-7-11-24(25)31)28(33)29-17-21-9-5-4-6-10-21/h4-16,20,26,30H,3,17-19H2,1-2H3,(H,29,33)/t20-,26+/m0/s1. The SMILES string of the molecule is CC[C@H](C)NS(=O)(=O)c1ccc(OCC(=O)N2C[C@H](C(=O)NCc3ccccc3)Oc3ccccc32)cc1. The highest BCUT2D eigenvalue weighted by Crippen LogP contribution is 2.33. The van der Waals surface area contributed by atoms with Crippen molar-refractivity contribution in [3.8, 4) is 11.5 Å². The van der Waals surface area contributed by atoms with E-state index < -0.39 is 16.1 Å². The zero-order valence-electron chi connectivity index (χ0n) is 21.3. The highest BCUT2D eigenvalue weighted by atomic mass is 32.2. The number of benzene rings is 3. The van der Waals surface area contributed by atoms with Gasteiger partial charge in [0.1, 0.15) is 11.5 Å². The second-order valence-electron chi connectivity index (χ2n) is 8.97. The van der Waals surface area contributed by atoms with E-state index in [1.807, 2.05) is 37.3 Å². The van der Waals surface area contributed by atoms with E-state index in [0.717, 1.165) is 5.56 Å². The van der Waals surface area contributed by atoms with Gasteiger partial charge in [0.05, 0.1) is 17.1 Å². The quantitative estimate of drug-likeness (QED) is 0.411. The van der Waals surface area contributed by atoms with Crippen LogP contribution < -0.4 is 24.4 Å². The maximum absolute atomic E-state index is 13.2. The first-order chi connectivity index (χ1) is 18.3. The number of anilines is 1. The lowest BCUT2D eigenvalue weighted by molar-refractivity contribution is -0.128. The van der Waals surface area contributed by atoms with Crippen molar-refractivity contribution in [2.75, 3.05) is 18.1 Å². The molecule has 0 bridgehead atoms. The van der Waals surface area contributed by atoms with Crippen LogP contribution in [0.25, 0.3) is 0 Å². The molecule has 0 radical (unpaired) electrons. The molecule has 3 aromatic rings. The second-order valence-corrected chi connectivity index (χ2v) is 10.7. The van der Waals surface area contributed by atoms with E-state index in [1.54, 1.807) is 31.2 Å². The number of sulfonamides is 1. The molecule has 0 aromatic heterocycles. The molecule has 1 heterocycles. The van der Waals surface area contributed by atoms with Crippen molar-refractivity contribution in [3.05, 3.63) is 84.4 Å². The maximum atomic E-state index is 13.2. The lowest BCUT2D eigenvalue weighted by Gasteiger charge is -2.34. The fourth-order valence-electron chi connectivity index (χ4n) is 3.86. The van der Waals surface area contributed by atoms with Crippen LogP contribution in [0, 0.1) is 0 Å². The van der Waals surface area contributed by atoms with Crippen LogP contribution in [0.2, 0.25) is 0 Å². The van der Waals surface area contributed by atoms with Crippen LogP contribution in [0.15, 0.2) is 83.8 Å². The number of carbonyl (C=O) groups excluding carboxylic acids is 2. The van der Waals surface area contributed by atoms with Crippen LogP contribution in [0.3, 0.4) is 0 Å². The molecule has 1 aliphatic rings. The van der Waals surface area contributed by atoms with Crippen LogP contribution in [0.1, 0.15) is 25.8 Å². The van der Waals surface area contributed by atoms with Gasteiger partial charge < -0.3 is 19.7 Å². The minimum Gasteiger partial charge on any atom is -0.484 e. The van der Waals surface area contributed by atoms with Crippen LogP contribution in [-0.2, 0) is 26.2 Å². The predicted molar refractivity (Wildman–Crippen MR) is 144 cm³/mol. The Morgan fingerprint density at radius 3 is 2.42 bits per heavy atom. The lowest BCUT2D eigenvalue weighted by atomic mass is 10.1. The molecule has 3 aromatic carbocycles. The van der Waals surface area contributed by atoms with Gasteiger partial charge in [0.2, 0.25) is 10.0 Å². The molecule has 0 spiro atoms. The van der Waals surface area contributed by atoms with Crippen molar-refractivity contribution in [1.29, 1.82) is 0 Å². The molecule has 2 amide bonds. The Hall–Kier alpha value is -3.89. The monoisotopic (exact) mass is 537 g/mol. The Kier molecular flexibility index (Phi) is 8.65. The Morgan fingerprint density at radius 1 is 1.03 bits per heavy atom. The minimum atomic E-state index is -3.64. The van der Waals surface area contributed by atoms with E-state index >= 15 is 0 Å². The molecule has 0 aliphatic carbocycles. The van der Waals surface area contributed by atoms with Crippen molar-refractivity contribution < 1.29 is 27.5 Å². The van der Waals surface area contributed by atoms with Gasteiger partial charge in [0, 0.05) is 12.6 Å². The summed E-state index contributed by atoms with van der Waals surface area (Å²) in [5, 5.41) is 2.86. The van der Waals surface area contributed by atoms with E-state index in [9.17, 15) is 18.0 Å². The fraction of sp³-hybridized carbons (Fsp3) is 0.286. The van der Waals surface area contributed by atoms with Gasteiger partial charge in [0.15, 0.2) is 12.7 Å². The summed E-state index contributed by atoms with van der Waals surface area (Å²) in [5.74, 6) is 0.0801. The largest absolute Gasteiger partial charge is 0.484 e. The first-order valence-electron chi connectivity index (χ1n) is 12.4. The summed E-state index contributed by atoms with van der Waals surface area (Å²) in [6.45, 7) is 3.76. The molecule has 38 heavy (non-hydrogen) atoms. The number of fused-ring (bicyclic) bond motifs is 1. The molecule has 0 fully saturated rings. The van der Waals surface area contributed by atoms with Crippen molar-refractivity contribution in [3.63, 3.8) is 0 Å². The maximum Gasteiger partial charge on any atom is 0.265 e. The third-order valence-electron chi connectivity index (χ3n) is 6.14. The number of hydrogen-bond acceptors (Lipinski definition) is 6. The summed E-state index contributed by atoms with van der Waals surface area (Å²) < 4.78 is 39.1. The van der Waals surface area contributed by atoms with Gasteiger partial charge in [0.25, 0.3) is 11.8 Å². The molecule has 1 aliphatic heterocycles. The van der Waals surface area contributed by atoms with Crippen molar-refractivity contribution in [1.82, 2.24) is 10.0 Å². The molecular weight excluding hydrogens is 506 g/mol. The summed E-state index contributed by atoms with van der Waals surface area (Å²) in [6.07, 6.45) is -0.219. The lowest BCUT2D eigenvalue weighted by Crippen LogP contribution is -2.51. The number of rotatable bonds is 10. The van der Waals surface area contributed by atoms with Gasteiger partial charge in [-0.05, 0) is 55.3 Å². The number of ether oxygens (including phenoxy) is 2. The van der Waals surface area contributed by atoms with Crippen LogP contribution in [0.4, 0.5) is 5.69 Å². The molecule has 2 N–H and O–H groups in total. The third-order valence-corrected chi connectivity index (χ3v) is 7.75. The smallest absolute Gasteiger partial charge is 0.265 e. The van der Waals surface area contributed by atoms with E-state index in [0.29, 0.717) is 30.2 Å². The number of para-hydroxylation sites is 2. The van der Waals surface area contributed by atoms with Crippen LogP contribution in [0.5, 0.6) is 11.5 Å². The summed E-state index contributed by atoms with van der Waals surface area (Å²) >= 11 is 0. The summed E-state index contributed by atoms with van der Waals surface area (Å²) in [7, 11) is -3.64. The minimum absolute atomic E-state index is 0.0261. The van der Waals surface area contributed by atoms with E-state index in [2.05, 4.69) is 10.0 Å². The van der Waals surface area contributed by atoms with E-state index in [4.69, 9.17) is 9.47 Å². The number of nitrogens with one attached hydrogen (secondary N) is 2. The molecular formula is C28H31N3O6S. The van der Waals surface area contributed by atoms with Gasteiger partial charge in [-0.15, -0.1) is 0 Å². The normalized spacial score (nSPS) is 15.6. The van der Waals surface area contributed by atoms with E-state index in [1.165, 1.54) is 29.2 Å². The Labute approximate surface area is 222 Å². The highest BCUT2D eigenvalue weighted by Gasteiger charge is 2.33. The first kappa shape index (κ1) is 27.2. The van der Waals surface area contributed by atoms with Crippen molar-refractivity contribution in [2.24, 2.45) is 0 Å². The molecule has 0 saturated carbocycles. The van der Waals surface area contributed by atoms with Crippen molar-refractivity contribution in [2.45, 2.75) is 43.9 Å². The zero-order chi connectivity index (χ0) is 27.1. The van der Waals surface area contributed by atoms with E-state index in [-0.39, 0.29) is 35.9 Å². The fourth-order valence-corrected chi connectivity index (χ4v) is 5.19. The number of amides is 2. The molecule has 2 atom stereocenters. The van der Waals surface area contributed by atoms with Crippen LogP contribution in [-0.4, -0.2) is 45.5 Å². The highest BCUT2D eigenvalue weighted by molar-refractivity contribution is 7.89. The zero-order valence-corrected chi connectivity index (χ0v) is 22.1. The molecule has 4 rings (SSSR count).